The third-order valence-corrected chi connectivity index (χ3v) is 5.04. The minimum atomic E-state index is -0.154. The molecule has 1 fully saturated rings. The SMILES string of the molecule is NCC(NC(=O)CCCNC(=O)c1ccc(Cl)cc1)C1CCCCC1. The molecule has 2 amide bonds. The molecule has 1 aromatic carbocycles. The Hall–Kier alpha value is -1.59. The fraction of sp³-hybridized carbons (Fsp3) is 0.579. The van der Waals surface area contributed by atoms with Crippen LogP contribution in [-0.4, -0.2) is 30.9 Å². The Kier molecular flexibility index (Phi) is 8.22. The smallest absolute Gasteiger partial charge is 0.251 e. The van der Waals surface area contributed by atoms with E-state index >= 15 is 0 Å². The van der Waals surface area contributed by atoms with Crippen molar-refractivity contribution in [3.05, 3.63) is 34.9 Å². The van der Waals surface area contributed by atoms with Gasteiger partial charge in [0.1, 0.15) is 0 Å². The van der Waals surface area contributed by atoms with E-state index in [0.717, 1.165) is 12.8 Å². The molecule has 1 aliphatic carbocycles. The molecule has 1 saturated carbocycles. The zero-order valence-electron chi connectivity index (χ0n) is 14.6. The molecule has 5 nitrogen and oxygen atoms in total. The van der Waals surface area contributed by atoms with Crippen LogP contribution in [0.2, 0.25) is 5.02 Å². The number of halogens is 1. The normalized spacial score (nSPS) is 16.2. The molecule has 0 aliphatic heterocycles. The highest BCUT2D eigenvalue weighted by Gasteiger charge is 2.23. The van der Waals surface area contributed by atoms with Crippen LogP contribution in [0.4, 0.5) is 0 Å². The minimum absolute atomic E-state index is 0.0155. The van der Waals surface area contributed by atoms with Crippen LogP contribution in [0.3, 0.4) is 0 Å². The van der Waals surface area contributed by atoms with Gasteiger partial charge in [-0.15, -0.1) is 0 Å². The minimum Gasteiger partial charge on any atom is -0.352 e. The number of hydrogen-bond acceptors (Lipinski definition) is 3. The molecule has 0 radical (unpaired) electrons. The number of hydrogen-bond donors (Lipinski definition) is 3. The average Bonchev–Trinajstić information content (AvgIpc) is 2.64. The van der Waals surface area contributed by atoms with Crippen LogP contribution in [0.15, 0.2) is 24.3 Å². The summed E-state index contributed by atoms with van der Waals surface area (Å²) >= 11 is 5.80. The zero-order valence-corrected chi connectivity index (χ0v) is 15.4. The number of nitrogens with two attached hydrogens (primary N) is 1. The molecular weight excluding hydrogens is 338 g/mol. The molecule has 1 unspecified atom stereocenters. The van der Waals surface area contributed by atoms with E-state index in [1.54, 1.807) is 24.3 Å². The maximum absolute atomic E-state index is 12.1. The number of carbonyl (C=O) groups is 2. The molecule has 1 aliphatic rings. The summed E-state index contributed by atoms with van der Waals surface area (Å²) in [6.45, 7) is 0.954. The van der Waals surface area contributed by atoms with E-state index in [4.69, 9.17) is 17.3 Å². The topological polar surface area (TPSA) is 84.2 Å². The largest absolute Gasteiger partial charge is 0.352 e. The van der Waals surface area contributed by atoms with E-state index in [1.165, 1.54) is 19.3 Å². The van der Waals surface area contributed by atoms with Gasteiger partial charge in [0.15, 0.2) is 0 Å². The van der Waals surface area contributed by atoms with Crippen LogP contribution in [0.25, 0.3) is 0 Å². The number of carbonyl (C=O) groups excluding carboxylic acids is 2. The molecule has 1 aromatic rings. The van der Waals surface area contributed by atoms with Crippen molar-refractivity contribution in [2.24, 2.45) is 11.7 Å². The zero-order chi connectivity index (χ0) is 18.1. The second-order valence-electron chi connectivity index (χ2n) is 6.67. The Morgan fingerprint density at radius 2 is 1.84 bits per heavy atom. The third kappa shape index (κ3) is 6.67. The Balaban J connectivity index is 1.65. The monoisotopic (exact) mass is 365 g/mol. The maximum Gasteiger partial charge on any atom is 0.251 e. The standard InChI is InChI=1S/C19H28ClN3O2/c20-16-10-8-15(9-11-16)19(25)22-12-4-7-18(24)23-17(13-21)14-5-2-1-3-6-14/h8-11,14,17H,1-7,12-13,21H2,(H,22,25)(H,23,24). The maximum atomic E-state index is 12.1. The lowest BCUT2D eigenvalue weighted by Crippen LogP contribution is -2.46. The van der Waals surface area contributed by atoms with Crippen molar-refractivity contribution in [3.8, 4) is 0 Å². The van der Waals surface area contributed by atoms with Gasteiger partial charge in [-0.1, -0.05) is 30.9 Å². The number of rotatable bonds is 8. The van der Waals surface area contributed by atoms with E-state index in [9.17, 15) is 9.59 Å². The van der Waals surface area contributed by atoms with Crippen LogP contribution >= 0.6 is 11.6 Å². The quantitative estimate of drug-likeness (QED) is 0.619. The fourth-order valence-electron chi connectivity index (χ4n) is 3.34. The fourth-order valence-corrected chi connectivity index (χ4v) is 3.46. The number of amides is 2. The predicted molar refractivity (Wildman–Crippen MR) is 101 cm³/mol. The van der Waals surface area contributed by atoms with Gasteiger partial charge in [-0.3, -0.25) is 9.59 Å². The third-order valence-electron chi connectivity index (χ3n) is 4.79. The molecule has 0 spiro atoms. The van der Waals surface area contributed by atoms with E-state index in [-0.39, 0.29) is 17.9 Å². The molecule has 0 heterocycles. The summed E-state index contributed by atoms with van der Waals surface area (Å²) in [5.41, 5.74) is 6.40. The first-order chi connectivity index (χ1) is 12.1. The van der Waals surface area contributed by atoms with Gasteiger partial charge in [0, 0.05) is 36.1 Å². The van der Waals surface area contributed by atoms with Crippen molar-refractivity contribution in [3.63, 3.8) is 0 Å². The summed E-state index contributed by atoms with van der Waals surface area (Å²) in [6, 6.07) is 6.81. The molecule has 1 atom stereocenters. The lowest BCUT2D eigenvalue weighted by Gasteiger charge is -2.30. The lowest BCUT2D eigenvalue weighted by atomic mass is 9.84. The number of benzene rings is 1. The highest BCUT2D eigenvalue weighted by atomic mass is 35.5. The van der Waals surface area contributed by atoms with Gasteiger partial charge < -0.3 is 16.4 Å². The highest BCUT2D eigenvalue weighted by Crippen LogP contribution is 2.26. The van der Waals surface area contributed by atoms with Crippen molar-refractivity contribution < 1.29 is 9.59 Å². The highest BCUT2D eigenvalue weighted by molar-refractivity contribution is 6.30. The van der Waals surface area contributed by atoms with E-state index in [1.807, 2.05) is 0 Å². The van der Waals surface area contributed by atoms with Crippen LogP contribution < -0.4 is 16.4 Å². The molecule has 4 N–H and O–H groups in total. The molecule has 6 heteroatoms. The Morgan fingerprint density at radius 1 is 1.16 bits per heavy atom. The van der Waals surface area contributed by atoms with E-state index < -0.39 is 0 Å². The second-order valence-corrected chi connectivity index (χ2v) is 7.11. The summed E-state index contributed by atoms with van der Waals surface area (Å²) in [5, 5.41) is 6.49. The van der Waals surface area contributed by atoms with Gasteiger partial charge in [0.25, 0.3) is 5.91 Å². The molecule has 138 valence electrons. The van der Waals surface area contributed by atoms with Gasteiger partial charge in [0.2, 0.25) is 5.91 Å². The molecule has 0 saturated heterocycles. The van der Waals surface area contributed by atoms with Gasteiger partial charge >= 0.3 is 0 Å². The molecule has 25 heavy (non-hydrogen) atoms. The first-order valence-corrected chi connectivity index (χ1v) is 9.51. The second kappa shape index (κ2) is 10.4. The van der Waals surface area contributed by atoms with Crippen molar-refractivity contribution in [1.82, 2.24) is 10.6 Å². The molecule has 0 bridgehead atoms. The average molecular weight is 366 g/mol. The van der Waals surface area contributed by atoms with Crippen LogP contribution in [-0.2, 0) is 4.79 Å². The first-order valence-electron chi connectivity index (χ1n) is 9.13. The van der Waals surface area contributed by atoms with Gasteiger partial charge in [-0.25, -0.2) is 0 Å². The first kappa shape index (κ1) is 19.7. The van der Waals surface area contributed by atoms with Crippen molar-refractivity contribution >= 4 is 23.4 Å². The van der Waals surface area contributed by atoms with Crippen LogP contribution in [0, 0.1) is 5.92 Å². The lowest BCUT2D eigenvalue weighted by molar-refractivity contribution is -0.122. The van der Waals surface area contributed by atoms with Crippen molar-refractivity contribution in [1.29, 1.82) is 0 Å². The van der Waals surface area contributed by atoms with Crippen LogP contribution in [0.1, 0.15) is 55.3 Å². The Bertz CT molecular complexity index is 556. The summed E-state index contributed by atoms with van der Waals surface area (Å²) in [4.78, 5) is 24.1. The summed E-state index contributed by atoms with van der Waals surface area (Å²) < 4.78 is 0. The van der Waals surface area contributed by atoms with Crippen molar-refractivity contribution in [2.75, 3.05) is 13.1 Å². The van der Waals surface area contributed by atoms with Crippen molar-refractivity contribution in [2.45, 2.75) is 51.0 Å². The molecule has 0 aromatic heterocycles. The van der Waals surface area contributed by atoms with Gasteiger partial charge in [-0.2, -0.15) is 0 Å². The molecule has 2 rings (SSSR count). The number of nitrogens with one attached hydrogen (secondary N) is 2. The van der Waals surface area contributed by atoms with E-state index in [2.05, 4.69) is 10.6 Å². The summed E-state index contributed by atoms with van der Waals surface area (Å²) in [5.74, 6) is 0.369. The Labute approximate surface area is 154 Å². The summed E-state index contributed by atoms with van der Waals surface area (Å²) in [6.07, 6.45) is 7.05. The van der Waals surface area contributed by atoms with Gasteiger partial charge in [-0.05, 0) is 49.4 Å². The van der Waals surface area contributed by atoms with E-state index in [0.29, 0.717) is 42.4 Å². The van der Waals surface area contributed by atoms with Gasteiger partial charge in [0.05, 0.1) is 0 Å². The summed E-state index contributed by atoms with van der Waals surface area (Å²) in [7, 11) is 0. The Morgan fingerprint density at radius 3 is 2.48 bits per heavy atom. The molecular formula is C19H28ClN3O2. The predicted octanol–water partition coefficient (Wildman–Crippen LogP) is 2.87. The van der Waals surface area contributed by atoms with Crippen LogP contribution in [0.5, 0.6) is 0 Å².